The third-order valence-corrected chi connectivity index (χ3v) is 8.93. The van der Waals surface area contributed by atoms with E-state index in [9.17, 15) is 0 Å². The Balaban J connectivity index is 0.000000280. The Kier molecular flexibility index (Phi) is 11.9. The minimum absolute atomic E-state index is 0. The largest absolute Gasteiger partial charge is 2.00 e. The zero-order chi connectivity index (χ0) is 30.0. The number of hydrogen-bond donors (Lipinski definition) is 0. The summed E-state index contributed by atoms with van der Waals surface area (Å²) in [5.74, 6) is 0. The summed E-state index contributed by atoms with van der Waals surface area (Å²) in [6.45, 7) is 30.3. The number of aryl methyl sites for hydroxylation is 2. The average Bonchev–Trinajstić information content (AvgIpc) is 3.58. The molecule has 2 aliphatic heterocycles. The minimum Gasteiger partial charge on any atom is -0.661 e. The standard InChI is InChI=1S/2C18H25N2.Zn/c2*1-8-15-10(3)17(19-13(15)6)12(5)18-11(4)16(9-2)14(7)20-18;/h2*8-9H2,1-7H3;/q2*-1;+2/b2*17-12-;. The fourth-order valence-electron chi connectivity index (χ4n) is 6.70. The number of nitrogens with zero attached hydrogens (tertiary/aromatic N) is 4. The van der Waals surface area contributed by atoms with Crippen molar-refractivity contribution in [2.24, 2.45) is 9.98 Å². The van der Waals surface area contributed by atoms with Gasteiger partial charge in [-0.3, -0.25) is 9.98 Å². The monoisotopic (exact) mass is 602 g/mol. The Morgan fingerprint density at radius 2 is 0.854 bits per heavy atom. The number of rotatable bonds is 6. The van der Waals surface area contributed by atoms with Gasteiger partial charge in [0.1, 0.15) is 0 Å². The molecule has 0 aliphatic carbocycles. The summed E-state index contributed by atoms with van der Waals surface area (Å²) < 4.78 is 0. The molecule has 0 bridgehead atoms. The Bertz CT molecular complexity index is 1390. The molecule has 41 heavy (non-hydrogen) atoms. The van der Waals surface area contributed by atoms with Crippen LogP contribution in [0.4, 0.5) is 0 Å². The van der Waals surface area contributed by atoms with Crippen molar-refractivity contribution in [1.29, 1.82) is 0 Å². The summed E-state index contributed by atoms with van der Waals surface area (Å²) in [6, 6.07) is 0. The van der Waals surface area contributed by atoms with Gasteiger partial charge in [0.25, 0.3) is 0 Å². The SMILES string of the molecule is CCC1=C(C)/C(=C(\C)c2[n-]c(C)c(CC)c2C)N=C1C.CCC1=C(C)/C(=C(\C)c2[n-]c(C)c(CC)c2C)N=C1C.[Zn+2]. The van der Waals surface area contributed by atoms with Crippen LogP contribution < -0.4 is 9.97 Å². The molecule has 0 saturated carbocycles. The molecule has 0 N–H and O–H groups in total. The molecule has 0 saturated heterocycles. The van der Waals surface area contributed by atoms with E-state index >= 15 is 0 Å². The van der Waals surface area contributed by atoms with E-state index in [0.717, 1.165) is 71.3 Å². The van der Waals surface area contributed by atoms with Crippen molar-refractivity contribution < 1.29 is 19.5 Å². The molecule has 2 aliphatic rings. The van der Waals surface area contributed by atoms with Gasteiger partial charge in [-0.15, -0.1) is 11.4 Å². The Labute approximate surface area is 262 Å². The first kappa shape index (κ1) is 34.7. The summed E-state index contributed by atoms with van der Waals surface area (Å²) in [5, 5.41) is 0. The van der Waals surface area contributed by atoms with E-state index in [-0.39, 0.29) is 19.5 Å². The van der Waals surface area contributed by atoms with Crippen LogP contribution in [0.2, 0.25) is 0 Å². The van der Waals surface area contributed by atoms with Crippen LogP contribution in [0.25, 0.3) is 11.1 Å². The quantitative estimate of drug-likeness (QED) is 0.309. The van der Waals surface area contributed by atoms with Crippen molar-refractivity contribution in [2.75, 3.05) is 0 Å². The van der Waals surface area contributed by atoms with Crippen LogP contribution in [-0.4, -0.2) is 11.4 Å². The van der Waals surface area contributed by atoms with Crippen molar-refractivity contribution in [3.63, 3.8) is 0 Å². The smallest absolute Gasteiger partial charge is 0.661 e. The topological polar surface area (TPSA) is 52.9 Å². The maximum atomic E-state index is 4.79. The third kappa shape index (κ3) is 6.46. The molecule has 4 nitrogen and oxygen atoms in total. The summed E-state index contributed by atoms with van der Waals surface area (Å²) in [4.78, 5) is 19.1. The predicted octanol–water partition coefficient (Wildman–Crippen LogP) is 9.51. The van der Waals surface area contributed by atoms with Gasteiger partial charge in [0, 0.05) is 11.4 Å². The van der Waals surface area contributed by atoms with Gasteiger partial charge >= 0.3 is 19.5 Å². The first-order chi connectivity index (χ1) is 18.8. The van der Waals surface area contributed by atoms with Crippen LogP contribution >= 0.6 is 0 Å². The van der Waals surface area contributed by atoms with E-state index < -0.39 is 0 Å². The molecular weight excluding hydrogens is 554 g/mol. The molecule has 4 heterocycles. The van der Waals surface area contributed by atoms with Crippen molar-refractivity contribution in [3.05, 3.63) is 78.7 Å². The summed E-state index contributed by atoms with van der Waals surface area (Å²) in [7, 11) is 0. The molecule has 0 unspecified atom stereocenters. The number of aromatic nitrogens is 2. The molecule has 216 valence electrons. The van der Waals surface area contributed by atoms with E-state index in [1.807, 2.05) is 0 Å². The van der Waals surface area contributed by atoms with Crippen molar-refractivity contribution in [1.82, 2.24) is 9.97 Å². The summed E-state index contributed by atoms with van der Waals surface area (Å²) in [6.07, 6.45) is 4.18. The maximum absolute atomic E-state index is 4.79. The van der Waals surface area contributed by atoms with E-state index in [1.54, 1.807) is 0 Å². The normalized spacial score (nSPS) is 17.4. The number of allylic oxidation sites excluding steroid dienone is 6. The molecule has 0 spiro atoms. The Morgan fingerprint density at radius 1 is 0.537 bits per heavy atom. The van der Waals surface area contributed by atoms with Crippen LogP contribution in [0.3, 0.4) is 0 Å². The van der Waals surface area contributed by atoms with Gasteiger partial charge in [-0.25, -0.2) is 0 Å². The van der Waals surface area contributed by atoms with Gasteiger partial charge in [0.05, 0.1) is 11.4 Å². The van der Waals surface area contributed by atoms with Crippen LogP contribution in [0, 0.1) is 27.7 Å². The molecule has 2 aromatic rings. The second-order valence-corrected chi connectivity index (χ2v) is 11.3. The summed E-state index contributed by atoms with van der Waals surface area (Å²) >= 11 is 0. The molecule has 0 atom stereocenters. The molecule has 0 aromatic carbocycles. The molecule has 5 heteroatoms. The maximum Gasteiger partial charge on any atom is 2.00 e. The van der Waals surface area contributed by atoms with Gasteiger partial charge in [0.2, 0.25) is 0 Å². The average molecular weight is 604 g/mol. The van der Waals surface area contributed by atoms with Crippen LogP contribution in [-0.2, 0) is 32.3 Å². The third-order valence-electron chi connectivity index (χ3n) is 8.93. The second-order valence-electron chi connectivity index (χ2n) is 11.3. The Hall–Kier alpha value is -2.52. The van der Waals surface area contributed by atoms with Crippen LogP contribution in [0.5, 0.6) is 0 Å². The van der Waals surface area contributed by atoms with Crippen LogP contribution in [0.1, 0.15) is 127 Å². The fourth-order valence-corrected chi connectivity index (χ4v) is 6.70. The Morgan fingerprint density at radius 3 is 1.07 bits per heavy atom. The first-order valence-electron chi connectivity index (χ1n) is 15.0. The molecule has 0 radical (unpaired) electrons. The first-order valence-corrected chi connectivity index (χ1v) is 15.0. The molecule has 2 aromatic heterocycles. The van der Waals surface area contributed by atoms with Gasteiger partial charge in [-0.2, -0.15) is 11.4 Å². The van der Waals surface area contributed by atoms with Crippen molar-refractivity contribution in [3.8, 4) is 0 Å². The van der Waals surface area contributed by atoms with Gasteiger partial charge in [-0.05, 0) is 115 Å². The number of hydrogen-bond acceptors (Lipinski definition) is 2. The fraction of sp³-hybridized carbons (Fsp3) is 0.500. The van der Waals surface area contributed by atoms with Gasteiger partial charge in [0.15, 0.2) is 0 Å². The van der Waals surface area contributed by atoms with Crippen molar-refractivity contribution in [2.45, 2.75) is 123 Å². The van der Waals surface area contributed by atoms with Crippen molar-refractivity contribution >= 4 is 22.6 Å². The van der Waals surface area contributed by atoms with E-state index in [2.05, 4.69) is 96.9 Å². The van der Waals surface area contributed by atoms with Gasteiger partial charge < -0.3 is 9.97 Å². The number of aliphatic imine (C=N–C) groups is 2. The second kappa shape index (κ2) is 14.1. The predicted molar refractivity (Wildman–Crippen MR) is 175 cm³/mol. The molecule has 0 amide bonds. The molecular formula is C36H50N4Zn. The zero-order valence-corrected chi connectivity index (χ0v) is 31.3. The van der Waals surface area contributed by atoms with E-state index in [1.165, 1.54) is 55.7 Å². The minimum atomic E-state index is 0. The zero-order valence-electron chi connectivity index (χ0n) is 28.3. The summed E-state index contributed by atoms with van der Waals surface area (Å²) in [5.41, 5.74) is 22.4. The van der Waals surface area contributed by atoms with Gasteiger partial charge in [-0.1, -0.05) is 63.8 Å². The molecule has 4 rings (SSSR count). The van der Waals surface area contributed by atoms with E-state index in [4.69, 9.17) is 20.0 Å². The van der Waals surface area contributed by atoms with E-state index in [0.29, 0.717) is 0 Å². The molecule has 0 fully saturated rings. The van der Waals surface area contributed by atoms with Crippen LogP contribution in [0.15, 0.2) is 43.7 Å².